The third kappa shape index (κ3) is 4.71. The summed E-state index contributed by atoms with van der Waals surface area (Å²) in [4.78, 5) is 40.3. The number of nitrogens with one attached hydrogen (secondary N) is 1. The minimum absolute atomic E-state index is 0.00784. The van der Waals surface area contributed by atoms with Gasteiger partial charge in [0, 0.05) is 6.54 Å². The first-order chi connectivity index (χ1) is 10.8. The highest BCUT2D eigenvalue weighted by Crippen LogP contribution is 2.25. The summed E-state index contributed by atoms with van der Waals surface area (Å²) in [5, 5.41) is 2.97. The van der Waals surface area contributed by atoms with Gasteiger partial charge in [-0.2, -0.15) is 0 Å². The Kier molecular flexibility index (Phi) is 5.69. The highest BCUT2D eigenvalue weighted by Gasteiger charge is 2.36. The highest BCUT2D eigenvalue weighted by atomic mass is 35.6. The van der Waals surface area contributed by atoms with E-state index in [9.17, 15) is 14.4 Å². The lowest BCUT2D eigenvalue weighted by Gasteiger charge is -2.14. The van der Waals surface area contributed by atoms with Gasteiger partial charge in [0.2, 0.25) is 3.79 Å². The molecule has 1 aliphatic rings. The van der Waals surface area contributed by atoms with Crippen molar-refractivity contribution in [1.29, 1.82) is 0 Å². The van der Waals surface area contributed by atoms with Crippen molar-refractivity contribution in [3.63, 3.8) is 0 Å². The van der Waals surface area contributed by atoms with Crippen molar-refractivity contribution in [1.82, 2.24) is 10.4 Å². The molecule has 1 aliphatic heterocycles. The Bertz CT molecular complexity index is 597. The van der Waals surface area contributed by atoms with Crippen LogP contribution in [0.5, 0.6) is 0 Å². The summed E-state index contributed by atoms with van der Waals surface area (Å²) in [6.45, 7) is -0.538. The Hall–Kier alpha value is -1.54. The van der Waals surface area contributed by atoms with Gasteiger partial charge in [-0.25, -0.2) is 4.79 Å². The molecule has 124 valence electrons. The Balaban J connectivity index is 1.75. The molecule has 0 atom stereocenters. The summed E-state index contributed by atoms with van der Waals surface area (Å²) in [6, 6.07) is 6.36. The number of ether oxygens (including phenoxy) is 1. The first-order valence-corrected chi connectivity index (χ1v) is 7.51. The van der Waals surface area contributed by atoms with Crippen molar-refractivity contribution >= 4 is 52.7 Å². The Labute approximate surface area is 146 Å². The molecule has 1 aromatic rings. The summed E-state index contributed by atoms with van der Waals surface area (Å²) in [5.41, 5.74) is 0.542. The molecule has 0 saturated carbocycles. The molecule has 0 spiro atoms. The van der Waals surface area contributed by atoms with E-state index in [0.29, 0.717) is 5.06 Å². The maximum Gasteiger partial charge on any atom is 0.407 e. The van der Waals surface area contributed by atoms with E-state index in [4.69, 9.17) is 39.6 Å². The van der Waals surface area contributed by atoms with E-state index in [1.54, 1.807) is 12.1 Å². The second kappa shape index (κ2) is 7.35. The molecule has 1 aromatic carbocycles. The Morgan fingerprint density at radius 2 is 1.70 bits per heavy atom. The Morgan fingerprint density at radius 3 is 2.22 bits per heavy atom. The summed E-state index contributed by atoms with van der Waals surface area (Å²) in [7, 11) is 0. The van der Waals surface area contributed by atoms with Gasteiger partial charge in [0.05, 0.1) is 17.7 Å². The predicted molar refractivity (Wildman–Crippen MR) is 82.5 cm³/mol. The fraction of sp³-hybridized carbons (Fsp3) is 0.308. The van der Waals surface area contributed by atoms with Crippen molar-refractivity contribution in [3.05, 3.63) is 35.4 Å². The number of imide groups is 1. The summed E-state index contributed by atoms with van der Waals surface area (Å²) >= 11 is 16.3. The maximum absolute atomic E-state index is 12.0. The second-order valence-corrected chi connectivity index (χ2v) is 6.92. The molecule has 0 aromatic heterocycles. The van der Waals surface area contributed by atoms with Gasteiger partial charge < -0.3 is 10.1 Å². The number of carbonyl (C=O) groups is 3. The van der Waals surface area contributed by atoms with E-state index >= 15 is 0 Å². The molecular formula is C13H11Cl3N2O5. The summed E-state index contributed by atoms with van der Waals surface area (Å²) < 4.78 is 2.92. The van der Waals surface area contributed by atoms with E-state index in [1.807, 2.05) is 0 Å². The van der Waals surface area contributed by atoms with Crippen LogP contribution in [0.3, 0.4) is 0 Å². The van der Waals surface area contributed by atoms with Crippen LogP contribution in [-0.4, -0.2) is 46.5 Å². The fourth-order valence-electron chi connectivity index (χ4n) is 1.77. The van der Waals surface area contributed by atoms with Crippen LogP contribution in [0.1, 0.15) is 20.7 Å². The van der Waals surface area contributed by atoms with Gasteiger partial charge in [-0.05, 0) is 12.1 Å². The lowest BCUT2D eigenvalue weighted by atomic mass is 10.1. The van der Waals surface area contributed by atoms with E-state index in [2.05, 4.69) is 10.1 Å². The molecule has 2 rings (SSSR count). The molecule has 0 fully saturated rings. The SMILES string of the molecule is O=C(NCCON1C(=O)c2ccccc2C1=O)OCC(Cl)(Cl)Cl. The number of alkyl halides is 3. The van der Waals surface area contributed by atoms with Gasteiger partial charge in [-0.1, -0.05) is 46.9 Å². The van der Waals surface area contributed by atoms with E-state index in [1.165, 1.54) is 12.1 Å². The number of nitrogens with zero attached hydrogens (tertiary/aromatic N) is 1. The molecule has 0 saturated heterocycles. The van der Waals surface area contributed by atoms with Crippen molar-refractivity contribution in [2.45, 2.75) is 3.79 Å². The number of rotatable bonds is 5. The standard InChI is InChI=1S/C13H11Cl3N2O5/c14-13(15,16)7-22-12(21)17-5-6-23-18-10(19)8-3-1-2-4-9(8)11(18)20/h1-4H,5-7H2,(H,17,21). The maximum atomic E-state index is 12.0. The van der Waals surface area contributed by atoms with Crippen LogP contribution in [0.25, 0.3) is 0 Å². The number of hydroxylamine groups is 2. The molecular weight excluding hydrogens is 371 g/mol. The zero-order valence-electron chi connectivity index (χ0n) is 11.6. The summed E-state index contributed by atoms with van der Waals surface area (Å²) in [6.07, 6.45) is -0.817. The van der Waals surface area contributed by atoms with Crippen LogP contribution in [0.4, 0.5) is 4.79 Å². The molecule has 0 aliphatic carbocycles. The van der Waals surface area contributed by atoms with Crippen molar-refractivity contribution < 1.29 is 24.0 Å². The number of hydrogen-bond acceptors (Lipinski definition) is 5. The van der Waals surface area contributed by atoms with Crippen LogP contribution in [-0.2, 0) is 9.57 Å². The number of fused-ring (bicyclic) bond motifs is 1. The average Bonchev–Trinajstić information content (AvgIpc) is 2.74. The van der Waals surface area contributed by atoms with Crippen LogP contribution in [0.2, 0.25) is 0 Å². The summed E-state index contributed by atoms with van der Waals surface area (Å²) in [5.74, 6) is -1.10. The minimum atomic E-state index is -1.70. The largest absolute Gasteiger partial charge is 0.445 e. The smallest absolute Gasteiger partial charge is 0.407 e. The number of benzene rings is 1. The van der Waals surface area contributed by atoms with Crippen molar-refractivity contribution in [2.24, 2.45) is 0 Å². The molecule has 3 amide bonds. The normalized spacial score (nSPS) is 14.0. The van der Waals surface area contributed by atoms with Crippen LogP contribution in [0.15, 0.2) is 24.3 Å². The molecule has 1 N–H and O–H groups in total. The quantitative estimate of drug-likeness (QED) is 0.481. The van der Waals surface area contributed by atoms with Crippen molar-refractivity contribution in [2.75, 3.05) is 19.8 Å². The molecule has 0 unspecified atom stereocenters. The van der Waals surface area contributed by atoms with Gasteiger partial charge >= 0.3 is 6.09 Å². The molecule has 1 heterocycles. The zero-order chi connectivity index (χ0) is 17.0. The molecule has 0 radical (unpaired) electrons. The third-order valence-corrected chi connectivity index (χ3v) is 3.04. The van der Waals surface area contributed by atoms with Gasteiger partial charge in [-0.3, -0.25) is 14.4 Å². The number of amides is 3. The number of alkyl carbamates (subject to hydrolysis) is 1. The number of hydrogen-bond donors (Lipinski definition) is 1. The van der Waals surface area contributed by atoms with Crippen molar-refractivity contribution in [3.8, 4) is 0 Å². The van der Waals surface area contributed by atoms with Crippen LogP contribution >= 0.6 is 34.8 Å². The van der Waals surface area contributed by atoms with E-state index in [0.717, 1.165) is 0 Å². The van der Waals surface area contributed by atoms with E-state index in [-0.39, 0.29) is 24.3 Å². The lowest BCUT2D eigenvalue weighted by Crippen LogP contribution is -2.35. The predicted octanol–water partition coefficient (Wildman–Crippen LogP) is 2.31. The van der Waals surface area contributed by atoms with Gasteiger partial charge in [-0.15, -0.1) is 5.06 Å². The number of carbonyl (C=O) groups excluding carboxylic acids is 3. The first-order valence-electron chi connectivity index (χ1n) is 6.38. The Morgan fingerprint density at radius 1 is 1.13 bits per heavy atom. The van der Waals surface area contributed by atoms with Gasteiger partial charge in [0.25, 0.3) is 11.8 Å². The average molecular weight is 382 g/mol. The molecule has 10 heteroatoms. The van der Waals surface area contributed by atoms with Crippen LogP contribution in [0, 0.1) is 0 Å². The fourth-order valence-corrected chi connectivity index (χ4v) is 1.94. The highest BCUT2D eigenvalue weighted by molar-refractivity contribution is 6.67. The topological polar surface area (TPSA) is 84.9 Å². The number of halogens is 3. The monoisotopic (exact) mass is 380 g/mol. The van der Waals surface area contributed by atoms with E-state index < -0.39 is 28.3 Å². The molecule has 7 nitrogen and oxygen atoms in total. The second-order valence-electron chi connectivity index (χ2n) is 4.40. The van der Waals surface area contributed by atoms with Crippen LogP contribution < -0.4 is 5.32 Å². The first kappa shape index (κ1) is 17.8. The van der Waals surface area contributed by atoms with Gasteiger partial charge in [0.1, 0.15) is 6.61 Å². The minimum Gasteiger partial charge on any atom is -0.445 e. The molecule has 23 heavy (non-hydrogen) atoms. The lowest BCUT2D eigenvalue weighted by molar-refractivity contribution is -0.0894. The zero-order valence-corrected chi connectivity index (χ0v) is 13.8. The molecule has 0 bridgehead atoms. The van der Waals surface area contributed by atoms with Gasteiger partial charge in [0.15, 0.2) is 0 Å². The third-order valence-electron chi connectivity index (χ3n) is 2.72.